The van der Waals surface area contributed by atoms with Crippen molar-refractivity contribution in [2.75, 3.05) is 52.4 Å². The normalized spacial score (nSPS) is 16.4. The van der Waals surface area contributed by atoms with E-state index in [0.717, 1.165) is 66.1 Å². The molecule has 12 heteroatoms. The number of nitrogens with zero attached hydrogens (tertiary/aromatic N) is 6. The van der Waals surface area contributed by atoms with Crippen LogP contribution in [-0.4, -0.2) is 106 Å². The van der Waals surface area contributed by atoms with Gasteiger partial charge in [0.1, 0.15) is 11.2 Å². The van der Waals surface area contributed by atoms with Gasteiger partial charge in [0.25, 0.3) is 0 Å². The zero-order valence-corrected chi connectivity index (χ0v) is 29.9. The summed E-state index contributed by atoms with van der Waals surface area (Å²) in [5, 5.41) is 21.4. The van der Waals surface area contributed by atoms with Gasteiger partial charge in [-0.15, -0.1) is 0 Å². The molecular weight excluding hydrogens is 610 g/mol. The van der Waals surface area contributed by atoms with Gasteiger partial charge in [-0.25, -0.2) is 9.59 Å². The number of piperazine rings is 2. The second-order valence-corrected chi connectivity index (χ2v) is 14.4. The minimum Gasteiger partial charge on any atom is -0.444 e. The molecule has 0 spiro atoms. The van der Waals surface area contributed by atoms with Gasteiger partial charge < -0.3 is 30.2 Å². The summed E-state index contributed by atoms with van der Waals surface area (Å²) in [6.07, 6.45) is -0.509. The maximum absolute atomic E-state index is 12.1. The molecule has 2 aliphatic rings. The van der Waals surface area contributed by atoms with Gasteiger partial charge in [-0.05, 0) is 84.2 Å². The largest absolute Gasteiger partial charge is 0.444 e. The van der Waals surface area contributed by atoms with Crippen LogP contribution in [0.5, 0.6) is 0 Å². The minimum atomic E-state index is -0.480. The number of hydrogen-bond acceptors (Lipinski definition) is 9. The number of amidine groups is 1. The molecule has 0 aliphatic carbocycles. The van der Waals surface area contributed by atoms with E-state index in [1.165, 1.54) is 0 Å². The van der Waals surface area contributed by atoms with Crippen molar-refractivity contribution in [1.29, 1.82) is 5.26 Å². The van der Waals surface area contributed by atoms with Crippen LogP contribution >= 0.6 is 0 Å². The molecule has 48 heavy (non-hydrogen) atoms. The summed E-state index contributed by atoms with van der Waals surface area (Å²) in [5.41, 5.74) is 10.5. The summed E-state index contributed by atoms with van der Waals surface area (Å²) in [6.45, 7) is 22.3. The number of benzene rings is 2. The predicted octanol–water partition coefficient (Wildman–Crippen LogP) is 5.06. The van der Waals surface area contributed by atoms with E-state index < -0.39 is 11.2 Å². The lowest BCUT2D eigenvalue weighted by molar-refractivity contribution is 0.0129. The van der Waals surface area contributed by atoms with E-state index in [2.05, 4.69) is 21.0 Å². The maximum atomic E-state index is 12.1. The predicted molar refractivity (Wildman–Crippen MR) is 186 cm³/mol. The zero-order valence-electron chi connectivity index (χ0n) is 29.9. The highest BCUT2D eigenvalue weighted by atomic mass is 16.6. The number of hydrogen-bond donors (Lipinski definition) is 2. The SMILES string of the molecule is Cc1ccc(CN2CCN(C(=O)OC(C)(C)C)CC2)c(/C(N)=N/O)c1.Cc1ccc(CN2CCN(C(=O)OC(C)(C)C)CC2)c(C#N)c1. The van der Waals surface area contributed by atoms with Crippen LogP contribution in [0.2, 0.25) is 0 Å². The number of aryl methyl sites for hydroxylation is 2. The Hall–Kier alpha value is -4.34. The van der Waals surface area contributed by atoms with Gasteiger partial charge in [0.05, 0.1) is 11.6 Å². The monoisotopic (exact) mass is 663 g/mol. The summed E-state index contributed by atoms with van der Waals surface area (Å²) in [7, 11) is 0. The summed E-state index contributed by atoms with van der Waals surface area (Å²) < 4.78 is 10.8. The molecule has 0 atom stereocenters. The summed E-state index contributed by atoms with van der Waals surface area (Å²) >= 11 is 0. The number of nitrogens with two attached hydrogens (primary N) is 1. The fraction of sp³-hybridized carbons (Fsp3) is 0.556. The Morgan fingerprint density at radius 2 is 1.19 bits per heavy atom. The highest BCUT2D eigenvalue weighted by molar-refractivity contribution is 5.98. The van der Waals surface area contributed by atoms with Crippen LogP contribution in [0.3, 0.4) is 0 Å². The van der Waals surface area contributed by atoms with Crippen LogP contribution in [0.25, 0.3) is 0 Å². The van der Waals surface area contributed by atoms with Gasteiger partial charge in [-0.1, -0.05) is 35.0 Å². The van der Waals surface area contributed by atoms with Crippen LogP contribution in [0.15, 0.2) is 41.6 Å². The number of nitriles is 1. The Labute approximate surface area is 285 Å². The maximum Gasteiger partial charge on any atom is 0.410 e. The topological polar surface area (TPSA) is 148 Å². The number of oxime groups is 1. The van der Waals surface area contributed by atoms with Gasteiger partial charge in [-0.3, -0.25) is 9.80 Å². The van der Waals surface area contributed by atoms with Crippen molar-refractivity contribution in [2.24, 2.45) is 10.9 Å². The molecule has 2 amide bonds. The first-order chi connectivity index (χ1) is 22.5. The number of carbonyl (C=O) groups excluding carboxylic acids is 2. The van der Waals surface area contributed by atoms with Crippen LogP contribution in [0.1, 0.15) is 74.9 Å². The van der Waals surface area contributed by atoms with Gasteiger partial charge >= 0.3 is 12.2 Å². The molecule has 262 valence electrons. The smallest absolute Gasteiger partial charge is 0.410 e. The lowest BCUT2D eigenvalue weighted by Crippen LogP contribution is -2.49. The van der Waals surface area contributed by atoms with Crippen LogP contribution in [0, 0.1) is 25.2 Å². The van der Waals surface area contributed by atoms with Crippen LogP contribution < -0.4 is 5.73 Å². The van der Waals surface area contributed by atoms with E-state index in [1.807, 2.05) is 91.8 Å². The zero-order chi connectivity index (χ0) is 35.6. The number of carbonyl (C=O) groups is 2. The van der Waals surface area contributed by atoms with Crippen molar-refractivity contribution < 1.29 is 24.3 Å². The average Bonchev–Trinajstić information content (AvgIpc) is 3.01. The van der Waals surface area contributed by atoms with Crippen molar-refractivity contribution in [3.63, 3.8) is 0 Å². The molecule has 2 saturated heterocycles. The standard InChI is InChI=1S/C18H28N4O3.C18H25N3O2/c1-13-5-6-14(15(11-13)16(19)20-24)12-21-7-9-22(10-8-21)17(23)25-18(2,3)4;1-14-5-6-15(16(11-14)12-19)13-20-7-9-21(10-8-20)17(22)23-18(2,3)4/h5-6,11,24H,7-10,12H2,1-4H3,(H2,19,20);5-6,11H,7-10,13H2,1-4H3. The Morgan fingerprint density at radius 3 is 1.60 bits per heavy atom. The number of rotatable bonds is 5. The lowest BCUT2D eigenvalue weighted by atomic mass is 10.0. The Kier molecular flexibility index (Phi) is 13.2. The van der Waals surface area contributed by atoms with E-state index in [9.17, 15) is 14.9 Å². The molecule has 2 aromatic rings. The van der Waals surface area contributed by atoms with Crippen LogP contribution in [-0.2, 0) is 22.6 Å². The molecule has 4 rings (SSSR count). The van der Waals surface area contributed by atoms with Crippen molar-refractivity contribution in [3.05, 3.63) is 69.8 Å². The summed E-state index contributed by atoms with van der Waals surface area (Å²) in [5.74, 6) is 0.117. The third-order valence-electron chi connectivity index (χ3n) is 7.87. The van der Waals surface area contributed by atoms with Gasteiger partial charge in [0.2, 0.25) is 0 Å². The first kappa shape index (κ1) is 38.1. The molecule has 0 bridgehead atoms. The fourth-order valence-electron chi connectivity index (χ4n) is 5.36. The van der Waals surface area contributed by atoms with Crippen LogP contribution in [0.4, 0.5) is 9.59 Å². The quantitative estimate of drug-likeness (QED) is 0.194. The minimum absolute atomic E-state index is 0.117. The average molecular weight is 664 g/mol. The van der Waals surface area contributed by atoms with Crippen molar-refractivity contribution in [3.8, 4) is 6.07 Å². The molecule has 0 aromatic heterocycles. The van der Waals surface area contributed by atoms with Gasteiger partial charge in [0.15, 0.2) is 5.84 Å². The molecule has 2 aliphatic heterocycles. The third kappa shape index (κ3) is 12.0. The van der Waals surface area contributed by atoms with Gasteiger partial charge in [-0.2, -0.15) is 5.26 Å². The Balaban J connectivity index is 0.000000261. The Morgan fingerprint density at radius 1 is 0.771 bits per heavy atom. The number of ether oxygens (including phenoxy) is 2. The van der Waals surface area contributed by atoms with Crippen molar-refractivity contribution in [1.82, 2.24) is 19.6 Å². The van der Waals surface area contributed by atoms with E-state index >= 15 is 0 Å². The molecule has 0 radical (unpaired) electrons. The molecule has 2 heterocycles. The molecule has 0 unspecified atom stereocenters. The van der Waals surface area contributed by atoms with E-state index in [1.54, 1.807) is 9.80 Å². The van der Waals surface area contributed by atoms with Crippen molar-refractivity contribution >= 4 is 18.0 Å². The molecule has 3 N–H and O–H groups in total. The number of amides is 2. The lowest BCUT2D eigenvalue weighted by Gasteiger charge is -2.35. The van der Waals surface area contributed by atoms with Gasteiger partial charge in [0, 0.05) is 71.0 Å². The van der Waals surface area contributed by atoms with Crippen molar-refractivity contribution in [2.45, 2.75) is 79.7 Å². The first-order valence-electron chi connectivity index (χ1n) is 16.5. The Bertz CT molecular complexity index is 1470. The third-order valence-corrected chi connectivity index (χ3v) is 7.87. The molecule has 0 saturated carbocycles. The highest BCUT2D eigenvalue weighted by Crippen LogP contribution is 2.18. The molecule has 2 fully saturated rings. The second kappa shape index (κ2) is 16.7. The highest BCUT2D eigenvalue weighted by Gasteiger charge is 2.27. The molecular formula is C36H53N7O5. The summed E-state index contributed by atoms with van der Waals surface area (Å²) in [4.78, 5) is 32.2. The van der Waals surface area contributed by atoms with E-state index in [4.69, 9.17) is 20.4 Å². The van der Waals surface area contributed by atoms with E-state index in [0.29, 0.717) is 32.7 Å². The fourth-order valence-corrected chi connectivity index (χ4v) is 5.36. The summed E-state index contributed by atoms with van der Waals surface area (Å²) in [6, 6.07) is 14.2. The second-order valence-electron chi connectivity index (χ2n) is 14.4. The molecule has 12 nitrogen and oxygen atoms in total. The molecule has 2 aromatic carbocycles. The van der Waals surface area contributed by atoms with E-state index in [-0.39, 0.29) is 18.0 Å². The first-order valence-corrected chi connectivity index (χ1v) is 16.5.